The van der Waals surface area contributed by atoms with Crippen molar-refractivity contribution >= 4 is 21.6 Å². The van der Waals surface area contributed by atoms with Gasteiger partial charge in [0.15, 0.2) is 5.82 Å². The topological polar surface area (TPSA) is 90.9 Å². The lowest BCUT2D eigenvalue weighted by Gasteiger charge is -2.08. The minimum Gasteiger partial charge on any atom is -0.294 e. The van der Waals surface area contributed by atoms with E-state index in [0.717, 1.165) is 24.0 Å². The maximum Gasteiger partial charge on any atom is 0.273 e. The zero-order valence-electron chi connectivity index (χ0n) is 10.7. The van der Waals surface area contributed by atoms with E-state index >= 15 is 0 Å². The molecular formula is C12H13ClN4O2S. The standard InChI is InChI=1S/C12H13ClN4O2S/c1-7-4-8(6-9(13)5-7)11-15-16-12(20(14,18)19)17(11)10-2-3-10/h4-6,10H,2-3H2,1H3,(H2,14,18,19). The van der Waals surface area contributed by atoms with Crippen LogP contribution in [0, 0.1) is 6.92 Å². The summed E-state index contributed by atoms with van der Waals surface area (Å²) in [7, 11) is -3.89. The Bertz CT molecular complexity index is 761. The molecule has 0 radical (unpaired) electrons. The smallest absolute Gasteiger partial charge is 0.273 e. The summed E-state index contributed by atoms with van der Waals surface area (Å²) in [6.45, 7) is 1.91. The molecule has 0 atom stereocenters. The molecule has 0 amide bonds. The van der Waals surface area contributed by atoms with Crippen LogP contribution in [0.15, 0.2) is 23.4 Å². The van der Waals surface area contributed by atoms with Crippen molar-refractivity contribution in [3.05, 3.63) is 28.8 Å². The van der Waals surface area contributed by atoms with Crippen LogP contribution in [0.2, 0.25) is 5.02 Å². The second kappa shape index (κ2) is 4.54. The van der Waals surface area contributed by atoms with Gasteiger partial charge in [-0.05, 0) is 43.5 Å². The Morgan fingerprint density at radius 2 is 2.00 bits per heavy atom. The first-order valence-corrected chi connectivity index (χ1v) is 8.04. The van der Waals surface area contributed by atoms with Gasteiger partial charge in [-0.1, -0.05) is 11.6 Å². The van der Waals surface area contributed by atoms with Gasteiger partial charge < -0.3 is 0 Å². The fraction of sp³-hybridized carbons (Fsp3) is 0.333. The Balaban J connectivity index is 2.22. The van der Waals surface area contributed by atoms with Gasteiger partial charge >= 0.3 is 0 Å². The van der Waals surface area contributed by atoms with Crippen molar-refractivity contribution in [1.29, 1.82) is 0 Å². The molecule has 106 valence electrons. The zero-order chi connectivity index (χ0) is 14.5. The third-order valence-corrected chi connectivity index (χ3v) is 4.14. The summed E-state index contributed by atoms with van der Waals surface area (Å²) >= 11 is 6.04. The van der Waals surface area contributed by atoms with E-state index in [0.29, 0.717) is 10.8 Å². The predicted molar refractivity (Wildman–Crippen MR) is 74.8 cm³/mol. The van der Waals surface area contributed by atoms with Gasteiger partial charge in [-0.25, -0.2) is 13.6 Å². The number of benzene rings is 1. The maximum absolute atomic E-state index is 11.6. The highest BCUT2D eigenvalue weighted by molar-refractivity contribution is 7.89. The molecule has 8 heteroatoms. The first-order chi connectivity index (χ1) is 9.36. The van der Waals surface area contributed by atoms with Gasteiger partial charge in [0.25, 0.3) is 15.2 Å². The highest BCUT2D eigenvalue weighted by Gasteiger charge is 2.33. The number of rotatable bonds is 3. The van der Waals surface area contributed by atoms with Gasteiger partial charge in [-0.2, -0.15) is 0 Å². The van der Waals surface area contributed by atoms with Crippen molar-refractivity contribution in [3.63, 3.8) is 0 Å². The SMILES string of the molecule is Cc1cc(Cl)cc(-c2nnc(S(N)(=O)=O)n2C2CC2)c1. The molecule has 0 saturated heterocycles. The zero-order valence-corrected chi connectivity index (χ0v) is 12.3. The number of hydrogen-bond acceptors (Lipinski definition) is 4. The van der Waals surface area contributed by atoms with E-state index < -0.39 is 10.0 Å². The van der Waals surface area contributed by atoms with Crippen LogP contribution in [0.3, 0.4) is 0 Å². The average Bonchev–Trinajstić information content (AvgIpc) is 3.04. The third-order valence-electron chi connectivity index (χ3n) is 3.13. The molecule has 2 aromatic rings. The quantitative estimate of drug-likeness (QED) is 0.937. The molecule has 0 bridgehead atoms. The summed E-state index contributed by atoms with van der Waals surface area (Å²) in [5, 5.41) is 13.3. The predicted octanol–water partition coefficient (Wildman–Crippen LogP) is 1.89. The molecule has 6 nitrogen and oxygen atoms in total. The molecule has 1 aliphatic rings. The van der Waals surface area contributed by atoms with Crippen LogP contribution in [0.5, 0.6) is 0 Å². The molecule has 0 spiro atoms. The lowest BCUT2D eigenvalue weighted by Crippen LogP contribution is -2.18. The molecule has 1 aliphatic carbocycles. The minimum atomic E-state index is -3.89. The van der Waals surface area contributed by atoms with Crippen molar-refractivity contribution in [2.75, 3.05) is 0 Å². The van der Waals surface area contributed by atoms with Crippen molar-refractivity contribution in [1.82, 2.24) is 14.8 Å². The lowest BCUT2D eigenvalue weighted by atomic mass is 10.1. The molecule has 1 heterocycles. The van der Waals surface area contributed by atoms with Gasteiger partial charge in [0.05, 0.1) is 0 Å². The van der Waals surface area contributed by atoms with E-state index in [9.17, 15) is 8.42 Å². The van der Waals surface area contributed by atoms with Crippen LogP contribution in [-0.2, 0) is 10.0 Å². The number of primary sulfonamides is 1. The Morgan fingerprint density at radius 1 is 1.30 bits per heavy atom. The summed E-state index contributed by atoms with van der Waals surface area (Å²) in [5.74, 6) is 0.488. The van der Waals surface area contributed by atoms with Crippen LogP contribution in [0.25, 0.3) is 11.4 Å². The van der Waals surface area contributed by atoms with Crippen LogP contribution in [-0.4, -0.2) is 23.2 Å². The fourth-order valence-electron chi connectivity index (χ4n) is 2.20. The number of hydrogen-bond donors (Lipinski definition) is 1. The Kier molecular flexibility index (Phi) is 3.07. The van der Waals surface area contributed by atoms with Crippen LogP contribution < -0.4 is 5.14 Å². The number of aryl methyl sites for hydroxylation is 1. The Hall–Kier alpha value is -1.44. The summed E-state index contributed by atoms with van der Waals surface area (Å²) in [4.78, 5) is 0. The van der Waals surface area contributed by atoms with Gasteiger partial charge in [0.1, 0.15) is 0 Å². The van der Waals surface area contributed by atoms with Gasteiger partial charge in [-0.15, -0.1) is 10.2 Å². The Morgan fingerprint density at radius 3 is 2.55 bits per heavy atom. The summed E-state index contributed by atoms with van der Waals surface area (Å²) < 4.78 is 24.8. The molecular weight excluding hydrogens is 300 g/mol. The minimum absolute atomic E-state index is 0.0904. The summed E-state index contributed by atoms with van der Waals surface area (Å²) in [6.07, 6.45) is 1.79. The van der Waals surface area contributed by atoms with Crippen LogP contribution in [0.1, 0.15) is 24.4 Å². The molecule has 2 N–H and O–H groups in total. The Labute approximate surface area is 121 Å². The highest BCUT2D eigenvalue weighted by Crippen LogP contribution is 2.40. The average molecular weight is 313 g/mol. The third kappa shape index (κ3) is 2.44. The summed E-state index contributed by atoms with van der Waals surface area (Å²) in [5.41, 5.74) is 1.71. The van der Waals surface area contributed by atoms with Crippen LogP contribution >= 0.6 is 11.6 Å². The van der Waals surface area contributed by atoms with E-state index in [1.54, 1.807) is 10.6 Å². The molecule has 0 unspecified atom stereocenters. The van der Waals surface area contributed by atoms with Crippen molar-refractivity contribution in [2.45, 2.75) is 31.0 Å². The van der Waals surface area contributed by atoms with Gasteiger partial charge in [0.2, 0.25) is 0 Å². The fourth-order valence-corrected chi connectivity index (χ4v) is 3.15. The first-order valence-electron chi connectivity index (χ1n) is 6.11. The molecule has 1 fully saturated rings. The molecule has 0 aliphatic heterocycles. The largest absolute Gasteiger partial charge is 0.294 e. The number of sulfonamides is 1. The molecule has 1 saturated carbocycles. The van der Waals surface area contributed by atoms with E-state index in [2.05, 4.69) is 10.2 Å². The van der Waals surface area contributed by atoms with Crippen molar-refractivity contribution < 1.29 is 8.42 Å². The second-order valence-electron chi connectivity index (χ2n) is 4.97. The number of halogens is 1. The van der Waals surface area contributed by atoms with Gasteiger partial charge in [-0.3, -0.25) is 4.57 Å². The second-order valence-corrected chi connectivity index (χ2v) is 6.86. The van der Waals surface area contributed by atoms with Gasteiger partial charge in [0, 0.05) is 16.6 Å². The van der Waals surface area contributed by atoms with E-state index in [-0.39, 0.29) is 11.2 Å². The highest BCUT2D eigenvalue weighted by atomic mass is 35.5. The number of aromatic nitrogens is 3. The van der Waals surface area contributed by atoms with E-state index in [1.165, 1.54) is 0 Å². The summed E-state index contributed by atoms with van der Waals surface area (Å²) in [6, 6.07) is 5.54. The first kappa shape index (κ1) is 13.5. The number of nitrogens with zero attached hydrogens (tertiary/aromatic N) is 3. The van der Waals surface area contributed by atoms with E-state index in [1.807, 2.05) is 19.1 Å². The number of nitrogens with two attached hydrogens (primary N) is 1. The van der Waals surface area contributed by atoms with E-state index in [4.69, 9.17) is 16.7 Å². The van der Waals surface area contributed by atoms with Crippen molar-refractivity contribution in [3.8, 4) is 11.4 Å². The lowest BCUT2D eigenvalue weighted by molar-refractivity contribution is 0.567. The monoisotopic (exact) mass is 312 g/mol. The molecule has 3 rings (SSSR count). The normalized spacial score (nSPS) is 15.6. The maximum atomic E-state index is 11.6. The molecule has 1 aromatic carbocycles. The molecule has 1 aromatic heterocycles. The molecule has 20 heavy (non-hydrogen) atoms. The van der Waals surface area contributed by atoms with Crippen molar-refractivity contribution in [2.24, 2.45) is 5.14 Å². The van der Waals surface area contributed by atoms with Crippen LogP contribution in [0.4, 0.5) is 0 Å².